The number of ketones is 4. The molecule has 0 radical (unpaired) electrons. The fourth-order valence-electron chi connectivity index (χ4n) is 7.12. The Balaban J connectivity index is 1.14. The van der Waals surface area contributed by atoms with E-state index in [4.69, 9.17) is 0 Å². The first-order valence-corrected chi connectivity index (χ1v) is 16.3. The van der Waals surface area contributed by atoms with Gasteiger partial charge in [-0.15, -0.1) is 22.7 Å². The molecule has 6 heteroatoms. The van der Waals surface area contributed by atoms with Gasteiger partial charge in [0, 0.05) is 46.8 Å². The number of allylic oxidation sites excluding steroid dienone is 2. The van der Waals surface area contributed by atoms with Gasteiger partial charge in [0.05, 0.1) is 0 Å². The Labute approximate surface area is 266 Å². The molecule has 3 aliphatic carbocycles. The van der Waals surface area contributed by atoms with Gasteiger partial charge in [-0.05, 0) is 92.7 Å². The quantitative estimate of drug-likeness (QED) is 0.143. The normalized spacial score (nSPS) is 18.0. The van der Waals surface area contributed by atoms with Crippen LogP contribution in [0, 0.1) is 0 Å². The molecule has 0 bridgehead atoms. The average molecular weight is 619 g/mol. The Morgan fingerprint density at radius 2 is 0.889 bits per heavy atom. The van der Waals surface area contributed by atoms with E-state index in [1.807, 2.05) is 36.4 Å². The summed E-state index contributed by atoms with van der Waals surface area (Å²) in [5, 5.41) is 2.23. The molecular weight excluding hydrogens is 597 g/mol. The highest BCUT2D eigenvalue weighted by Gasteiger charge is 2.37. The maximum atomic E-state index is 12.8. The van der Waals surface area contributed by atoms with Gasteiger partial charge in [0.25, 0.3) is 0 Å². The molecule has 0 spiro atoms. The number of benzene rings is 4. The zero-order valence-electron chi connectivity index (χ0n) is 24.2. The van der Waals surface area contributed by atoms with Crippen LogP contribution in [0.5, 0.6) is 0 Å². The molecule has 0 N–H and O–H groups in total. The van der Waals surface area contributed by atoms with E-state index >= 15 is 0 Å². The first-order valence-electron chi connectivity index (χ1n) is 14.7. The topological polar surface area (TPSA) is 68.3 Å². The second kappa shape index (κ2) is 9.00. The fourth-order valence-corrected chi connectivity index (χ4v) is 9.18. The molecule has 2 heterocycles. The summed E-state index contributed by atoms with van der Waals surface area (Å²) in [5.74, 6) is -1.78. The third-order valence-electron chi connectivity index (χ3n) is 9.39. The number of carbonyl (C=O) groups is 4. The Morgan fingerprint density at radius 1 is 0.489 bits per heavy atom. The summed E-state index contributed by atoms with van der Waals surface area (Å²) in [5.41, 5.74) is 7.93. The fraction of sp³-hybridized carbons (Fsp3) is 0.0769. The Morgan fingerprint density at radius 3 is 1.31 bits per heavy atom. The predicted molar refractivity (Wildman–Crippen MR) is 182 cm³/mol. The van der Waals surface area contributed by atoms with E-state index in [-0.39, 0.29) is 5.41 Å². The third-order valence-corrected chi connectivity index (χ3v) is 11.5. The average Bonchev–Trinajstić information content (AvgIpc) is 3.79. The smallest absolute Gasteiger partial charge is 0.234 e. The molecule has 0 amide bonds. The lowest BCUT2D eigenvalue weighted by Gasteiger charge is -2.21. The molecule has 0 saturated heterocycles. The first kappa shape index (κ1) is 26.4. The molecule has 0 unspecified atom stereocenters. The number of hydrogen-bond donors (Lipinski definition) is 0. The Kier molecular flexibility index (Phi) is 5.28. The Bertz CT molecular complexity index is 2310. The molecular formula is C39H22O4S2. The second-order valence-electron chi connectivity index (χ2n) is 12.3. The minimum absolute atomic E-state index is 0.228. The van der Waals surface area contributed by atoms with Gasteiger partial charge in [0.1, 0.15) is 0 Å². The molecule has 9 rings (SSSR count). The molecule has 0 saturated carbocycles. The summed E-state index contributed by atoms with van der Waals surface area (Å²) in [7, 11) is 0. The van der Waals surface area contributed by atoms with Crippen LogP contribution < -0.4 is 0 Å². The maximum Gasteiger partial charge on any atom is 0.234 e. The summed E-state index contributed by atoms with van der Waals surface area (Å²) < 4.78 is 2.24. The standard InChI is InChI=1S/C39H22O4S2/c1-39(2)31-13-19-11-21(15-29-23-7-3-5-9-25(23)35(40)37(29)42)44-33(19)17-27(31)28-18-34-20(14-32(28)39)12-22(45-34)16-30-24-8-4-6-10-26(24)36(41)38(30)43/h3-18H,1-2H3/b29-15-,30-16-. The number of carbonyl (C=O) groups excluding carboxylic acids is 4. The summed E-state index contributed by atoms with van der Waals surface area (Å²) >= 11 is 3.24. The highest BCUT2D eigenvalue weighted by Crippen LogP contribution is 2.52. The Hall–Kier alpha value is -5.04. The van der Waals surface area contributed by atoms with Crippen molar-refractivity contribution >= 4 is 89.3 Å². The van der Waals surface area contributed by atoms with Crippen molar-refractivity contribution in [2.45, 2.75) is 19.3 Å². The highest BCUT2D eigenvalue weighted by molar-refractivity contribution is 7.20. The van der Waals surface area contributed by atoms with E-state index in [1.165, 1.54) is 22.3 Å². The van der Waals surface area contributed by atoms with E-state index in [0.717, 1.165) is 29.9 Å². The minimum Gasteiger partial charge on any atom is -0.285 e. The maximum absolute atomic E-state index is 12.8. The van der Waals surface area contributed by atoms with Crippen LogP contribution in [0.15, 0.2) is 84.9 Å². The summed E-state index contributed by atoms with van der Waals surface area (Å²) in [4.78, 5) is 52.6. The summed E-state index contributed by atoms with van der Waals surface area (Å²) in [6, 6.07) is 27.6. The van der Waals surface area contributed by atoms with Gasteiger partial charge < -0.3 is 0 Å². The van der Waals surface area contributed by atoms with Crippen molar-refractivity contribution in [1.29, 1.82) is 0 Å². The predicted octanol–water partition coefficient (Wildman–Crippen LogP) is 9.03. The van der Waals surface area contributed by atoms with Gasteiger partial charge in [0.15, 0.2) is 0 Å². The van der Waals surface area contributed by atoms with Crippen molar-refractivity contribution in [3.8, 4) is 11.1 Å². The minimum atomic E-state index is -0.450. The third kappa shape index (κ3) is 3.64. The van der Waals surface area contributed by atoms with E-state index in [9.17, 15) is 19.2 Å². The van der Waals surface area contributed by atoms with Crippen LogP contribution in [0.2, 0.25) is 0 Å². The van der Waals surface area contributed by atoms with Crippen LogP contribution in [-0.4, -0.2) is 23.1 Å². The molecule has 4 nitrogen and oxygen atoms in total. The number of rotatable bonds is 2. The van der Waals surface area contributed by atoms with Crippen LogP contribution >= 0.6 is 22.7 Å². The first-order chi connectivity index (χ1) is 21.7. The van der Waals surface area contributed by atoms with Crippen LogP contribution in [-0.2, 0) is 15.0 Å². The molecule has 45 heavy (non-hydrogen) atoms. The zero-order valence-corrected chi connectivity index (χ0v) is 25.8. The van der Waals surface area contributed by atoms with Crippen LogP contribution in [0.1, 0.15) is 66.6 Å². The van der Waals surface area contributed by atoms with Gasteiger partial charge in [-0.3, -0.25) is 19.2 Å². The van der Waals surface area contributed by atoms with E-state index in [0.29, 0.717) is 33.4 Å². The molecule has 214 valence electrons. The van der Waals surface area contributed by atoms with Crippen molar-refractivity contribution in [3.05, 3.63) is 128 Å². The number of hydrogen-bond acceptors (Lipinski definition) is 6. The zero-order chi connectivity index (χ0) is 30.8. The van der Waals surface area contributed by atoms with Crippen molar-refractivity contribution in [1.82, 2.24) is 0 Å². The van der Waals surface area contributed by atoms with E-state index < -0.39 is 23.1 Å². The van der Waals surface area contributed by atoms with Crippen LogP contribution in [0.25, 0.3) is 54.6 Å². The number of fused-ring (bicyclic) bond motifs is 7. The second-order valence-corrected chi connectivity index (χ2v) is 14.5. The van der Waals surface area contributed by atoms with Crippen molar-refractivity contribution in [2.75, 3.05) is 0 Å². The van der Waals surface area contributed by atoms with Gasteiger partial charge in [-0.25, -0.2) is 0 Å². The number of Topliss-reactive ketones (excluding diaryl/α,β-unsaturated/α-hetero) is 4. The molecule has 2 aromatic heterocycles. The summed E-state index contributed by atoms with van der Waals surface area (Å²) in [6.45, 7) is 4.50. The number of thiophene rings is 2. The molecule has 4 aromatic carbocycles. The molecule has 0 aliphatic heterocycles. The lowest BCUT2D eigenvalue weighted by molar-refractivity contribution is -0.110. The van der Waals surface area contributed by atoms with Gasteiger partial charge in [-0.2, -0.15) is 0 Å². The molecule has 6 aromatic rings. The van der Waals surface area contributed by atoms with Gasteiger partial charge in [-0.1, -0.05) is 62.4 Å². The summed E-state index contributed by atoms with van der Waals surface area (Å²) in [6.07, 6.45) is 3.71. The van der Waals surface area contributed by atoms with Crippen LogP contribution in [0.4, 0.5) is 0 Å². The molecule has 0 fully saturated rings. The lowest BCUT2D eigenvalue weighted by Crippen LogP contribution is -2.14. The van der Waals surface area contributed by atoms with Crippen LogP contribution in [0.3, 0.4) is 0 Å². The molecule has 3 aliphatic rings. The van der Waals surface area contributed by atoms with Gasteiger partial charge >= 0.3 is 0 Å². The van der Waals surface area contributed by atoms with E-state index in [2.05, 4.69) is 50.2 Å². The van der Waals surface area contributed by atoms with Gasteiger partial charge in [0.2, 0.25) is 23.1 Å². The van der Waals surface area contributed by atoms with Crippen molar-refractivity contribution in [2.24, 2.45) is 0 Å². The highest BCUT2D eigenvalue weighted by atomic mass is 32.1. The van der Waals surface area contributed by atoms with Crippen molar-refractivity contribution in [3.63, 3.8) is 0 Å². The van der Waals surface area contributed by atoms with Crippen molar-refractivity contribution < 1.29 is 19.2 Å². The SMILES string of the molecule is CC1(C)c2cc3cc(/C=C4\C(=O)C(=O)c5ccccc54)sc3cc2-c2cc3sc(/C=C4\C(=O)C(=O)c5ccccc54)cc3cc21. The largest absolute Gasteiger partial charge is 0.285 e. The molecule has 0 atom stereocenters. The van der Waals surface area contributed by atoms with E-state index in [1.54, 1.807) is 46.9 Å². The lowest BCUT2D eigenvalue weighted by atomic mass is 9.82. The monoisotopic (exact) mass is 618 g/mol.